The van der Waals surface area contributed by atoms with Crippen molar-refractivity contribution < 1.29 is 33.2 Å². The lowest BCUT2D eigenvalue weighted by molar-refractivity contribution is -0.855. The van der Waals surface area contributed by atoms with Crippen molar-refractivity contribution in [1.29, 1.82) is 0 Å². The van der Waals surface area contributed by atoms with E-state index in [1.807, 2.05) is 0 Å². The van der Waals surface area contributed by atoms with Gasteiger partial charge in [0.25, 0.3) is 17.3 Å². The van der Waals surface area contributed by atoms with E-state index >= 15 is 0 Å². The van der Waals surface area contributed by atoms with Crippen LogP contribution in [0.4, 0.5) is 0 Å². The molecule has 0 bridgehead atoms. The van der Waals surface area contributed by atoms with E-state index in [1.54, 1.807) is 12.1 Å². The van der Waals surface area contributed by atoms with Crippen LogP contribution in [-0.4, -0.2) is 29.0 Å². The van der Waals surface area contributed by atoms with E-state index in [2.05, 4.69) is 5.16 Å². The Kier molecular flexibility index (Phi) is 5.45. The van der Waals surface area contributed by atoms with Crippen LogP contribution in [0.3, 0.4) is 0 Å². The van der Waals surface area contributed by atoms with Crippen molar-refractivity contribution >= 4 is 17.8 Å². The van der Waals surface area contributed by atoms with Gasteiger partial charge in [-0.3, -0.25) is 4.79 Å². The van der Waals surface area contributed by atoms with Gasteiger partial charge >= 0.3 is 11.9 Å². The number of carbonyl (C=O) groups excluding carboxylic acids is 3. The molecule has 1 atom stereocenters. The number of rotatable bonds is 6. The highest BCUT2D eigenvalue weighted by molar-refractivity contribution is 5.94. The van der Waals surface area contributed by atoms with Crippen molar-refractivity contribution in [3.05, 3.63) is 41.2 Å². The standard InChI is InChI=1S/C15H16N4O6/c1-8(16)14(21)24-11-6-4-3-5-9(11)15(22)23-7-10-12(13(17)20)19(2)25-18-10/h3-6,8H,7,16H2,1-2H3,(H-,17,20)/p+1. The summed E-state index contributed by atoms with van der Waals surface area (Å²) in [6.07, 6.45) is 0. The number of ether oxygens (including phenoxy) is 2. The van der Waals surface area contributed by atoms with Crippen molar-refractivity contribution in [1.82, 2.24) is 5.16 Å². The maximum Gasteiger partial charge on any atom is 0.342 e. The lowest BCUT2D eigenvalue weighted by Gasteiger charge is -2.10. The van der Waals surface area contributed by atoms with E-state index in [4.69, 9.17) is 25.6 Å². The SMILES string of the molecule is CC(N)C(=O)Oc1ccccc1C(=O)OCc1no[n+](C)c1C(N)=O. The minimum absolute atomic E-state index is 0.00985. The highest BCUT2D eigenvalue weighted by Crippen LogP contribution is 2.20. The van der Waals surface area contributed by atoms with Crippen LogP contribution in [0.15, 0.2) is 28.9 Å². The molecule has 10 heteroatoms. The Bertz CT molecular complexity index is 814. The predicted octanol–water partition coefficient (Wildman–Crippen LogP) is -0.792. The summed E-state index contributed by atoms with van der Waals surface area (Å²) in [6, 6.07) is 5.16. The molecule has 0 fully saturated rings. The number of esters is 2. The molecule has 10 nitrogen and oxygen atoms in total. The van der Waals surface area contributed by atoms with E-state index in [1.165, 1.54) is 26.1 Å². The van der Waals surface area contributed by atoms with E-state index in [0.717, 1.165) is 4.74 Å². The zero-order valence-electron chi connectivity index (χ0n) is 13.6. The van der Waals surface area contributed by atoms with Gasteiger partial charge in [-0.15, -0.1) is 0 Å². The maximum absolute atomic E-state index is 12.3. The van der Waals surface area contributed by atoms with Crippen LogP contribution >= 0.6 is 0 Å². The molecule has 1 unspecified atom stereocenters. The molecule has 0 aliphatic heterocycles. The fourth-order valence-corrected chi connectivity index (χ4v) is 1.91. The number of nitrogens with two attached hydrogens (primary N) is 2. The Morgan fingerprint density at radius 2 is 2.00 bits per heavy atom. The van der Waals surface area contributed by atoms with Gasteiger partial charge < -0.3 is 20.9 Å². The third kappa shape index (κ3) is 4.18. The summed E-state index contributed by atoms with van der Waals surface area (Å²) in [6.45, 7) is 1.11. The number of para-hydroxylation sites is 1. The van der Waals surface area contributed by atoms with Gasteiger partial charge in [-0.25, -0.2) is 9.59 Å². The zero-order valence-corrected chi connectivity index (χ0v) is 13.6. The van der Waals surface area contributed by atoms with Crippen LogP contribution in [0.25, 0.3) is 0 Å². The van der Waals surface area contributed by atoms with Crippen LogP contribution < -0.4 is 20.9 Å². The van der Waals surface area contributed by atoms with Gasteiger partial charge in [0, 0.05) is 0 Å². The quantitative estimate of drug-likeness (QED) is 0.391. The van der Waals surface area contributed by atoms with E-state index < -0.39 is 23.9 Å². The predicted molar refractivity (Wildman–Crippen MR) is 81.0 cm³/mol. The molecule has 132 valence electrons. The second-order valence-electron chi connectivity index (χ2n) is 5.11. The lowest BCUT2D eigenvalue weighted by Crippen LogP contribution is -2.36. The fourth-order valence-electron chi connectivity index (χ4n) is 1.91. The zero-order chi connectivity index (χ0) is 18.6. The molecule has 1 aromatic heterocycles. The second-order valence-corrected chi connectivity index (χ2v) is 5.11. The van der Waals surface area contributed by atoms with Crippen molar-refractivity contribution in [2.75, 3.05) is 0 Å². The summed E-state index contributed by atoms with van der Waals surface area (Å²) >= 11 is 0. The molecule has 0 aliphatic carbocycles. The number of amides is 1. The highest BCUT2D eigenvalue weighted by Gasteiger charge is 2.28. The number of hydrogen-bond donors (Lipinski definition) is 2. The number of aromatic nitrogens is 2. The maximum atomic E-state index is 12.3. The first kappa shape index (κ1) is 18.1. The molecule has 1 amide bonds. The third-order valence-electron chi connectivity index (χ3n) is 3.12. The van der Waals surface area contributed by atoms with E-state index in [9.17, 15) is 14.4 Å². The van der Waals surface area contributed by atoms with Crippen molar-refractivity contribution in [3.8, 4) is 5.75 Å². The van der Waals surface area contributed by atoms with Gasteiger partial charge in [-0.1, -0.05) is 21.5 Å². The molecule has 1 aromatic carbocycles. The molecular formula is C15H17N4O6+. The summed E-state index contributed by atoms with van der Waals surface area (Å²) in [5.74, 6) is -2.24. The summed E-state index contributed by atoms with van der Waals surface area (Å²) < 4.78 is 16.0. The molecule has 2 rings (SSSR count). The summed E-state index contributed by atoms with van der Waals surface area (Å²) in [7, 11) is 1.43. The van der Waals surface area contributed by atoms with E-state index in [-0.39, 0.29) is 29.3 Å². The molecule has 0 saturated carbocycles. The van der Waals surface area contributed by atoms with Gasteiger partial charge in [0.15, 0.2) is 11.8 Å². The highest BCUT2D eigenvalue weighted by atomic mass is 16.6. The van der Waals surface area contributed by atoms with Crippen LogP contribution in [0.2, 0.25) is 0 Å². The number of carbonyl (C=O) groups is 3. The van der Waals surface area contributed by atoms with Gasteiger partial charge in [-0.2, -0.15) is 0 Å². The first-order valence-corrected chi connectivity index (χ1v) is 7.19. The first-order valence-electron chi connectivity index (χ1n) is 7.19. The van der Waals surface area contributed by atoms with Crippen molar-refractivity contribution in [2.24, 2.45) is 18.5 Å². The van der Waals surface area contributed by atoms with Crippen molar-refractivity contribution in [2.45, 2.75) is 19.6 Å². The third-order valence-corrected chi connectivity index (χ3v) is 3.12. The summed E-state index contributed by atoms with van der Waals surface area (Å²) in [5, 5.41) is 3.60. The van der Waals surface area contributed by atoms with Crippen molar-refractivity contribution in [3.63, 3.8) is 0 Å². The normalized spacial score (nSPS) is 11.6. The summed E-state index contributed by atoms with van der Waals surface area (Å²) in [5.41, 5.74) is 10.7. The monoisotopic (exact) mass is 349 g/mol. The molecule has 25 heavy (non-hydrogen) atoms. The average Bonchev–Trinajstić information content (AvgIpc) is 2.93. The lowest BCUT2D eigenvalue weighted by atomic mass is 10.2. The first-order chi connectivity index (χ1) is 11.8. The molecule has 4 N–H and O–H groups in total. The largest absolute Gasteiger partial charge is 0.453 e. The Hall–Kier alpha value is -3.27. The fraction of sp³-hybridized carbons (Fsp3) is 0.267. The van der Waals surface area contributed by atoms with E-state index in [0.29, 0.717) is 0 Å². The Morgan fingerprint density at radius 1 is 1.32 bits per heavy atom. The minimum atomic E-state index is -0.850. The van der Waals surface area contributed by atoms with Crippen LogP contribution in [0, 0.1) is 0 Å². The summed E-state index contributed by atoms with van der Waals surface area (Å²) in [4.78, 5) is 35.2. The molecule has 0 radical (unpaired) electrons. The Balaban J connectivity index is 2.14. The number of benzene rings is 1. The molecule has 1 heterocycles. The molecule has 0 aliphatic rings. The van der Waals surface area contributed by atoms with Crippen LogP contribution in [0.1, 0.15) is 33.5 Å². The average molecular weight is 349 g/mol. The molecular weight excluding hydrogens is 332 g/mol. The number of nitrogens with zero attached hydrogens (tertiary/aromatic N) is 2. The number of aryl methyl sites for hydroxylation is 1. The van der Waals surface area contributed by atoms with Crippen LogP contribution in [-0.2, 0) is 23.2 Å². The van der Waals surface area contributed by atoms with Gasteiger partial charge in [0.2, 0.25) is 0 Å². The van der Waals surface area contributed by atoms with Gasteiger partial charge in [-0.05, 0) is 19.1 Å². The van der Waals surface area contributed by atoms with Crippen LogP contribution in [0.5, 0.6) is 5.75 Å². The number of primary amides is 1. The number of hydrogen-bond acceptors (Lipinski definition) is 8. The van der Waals surface area contributed by atoms with Gasteiger partial charge in [0.05, 0.1) is 0 Å². The Morgan fingerprint density at radius 3 is 2.64 bits per heavy atom. The smallest absolute Gasteiger partial charge is 0.342 e. The molecule has 0 spiro atoms. The topological polar surface area (TPSA) is 152 Å². The second kappa shape index (κ2) is 7.53. The molecule has 2 aromatic rings. The molecule has 0 saturated heterocycles. The van der Waals surface area contributed by atoms with Gasteiger partial charge in [0.1, 0.15) is 24.4 Å². The Labute approximate surface area is 142 Å². The minimum Gasteiger partial charge on any atom is -0.453 e.